The van der Waals surface area contributed by atoms with Gasteiger partial charge >= 0.3 is 12.0 Å². The number of nitrogens with one attached hydrogen (secondary N) is 1. The van der Waals surface area contributed by atoms with Crippen LogP contribution in [0.2, 0.25) is 0 Å². The number of aliphatic hydroxyl groups is 1. The number of amides is 2. The summed E-state index contributed by atoms with van der Waals surface area (Å²) < 4.78 is 0. The molecule has 0 unspecified atom stereocenters. The highest BCUT2D eigenvalue weighted by molar-refractivity contribution is 5.83. The molecule has 0 aromatic heterocycles. The molecule has 0 spiro atoms. The third-order valence-corrected chi connectivity index (χ3v) is 3.84. The van der Waals surface area contributed by atoms with Gasteiger partial charge in [-0.05, 0) is 18.8 Å². The van der Waals surface area contributed by atoms with Crippen LogP contribution in [-0.4, -0.2) is 52.3 Å². The molecule has 0 aromatic carbocycles. The smallest absolute Gasteiger partial charge is 0.326 e. The zero-order valence-corrected chi connectivity index (χ0v) is 10.3. The predicted molar refractivity (Wildman–Crippen MR) is 64.1 cm³/mol. The zero-order valence-electron chi connectivity index (χ0n) is 10.3. The maximum Gasteiger partial charge on any atom is 0.326 e. The van der Waals surface area contributed by atoms with Crippen LogP contribution in [0.25, 0.3) is 0 Å². The Morgan fingerprint density at radius 1 is 1.28 bits per heavy atom. The normalized spacial score (nSPS) is 28.6. The van der Waals surface area contributed by atoms with Gasteiger partial charge in [0.15, 0.2) is 0 Å². The molecular weight excluding hydrogens is 236 g/mol. The van der Waals surface area contributed by atoms with Crippen molar-refractivity contribution < 1.29 is 19.8 Å². The van der Waals surface area contributed by atoms with Crippen LogP contribution in [0.4, 0.5) is 4.79 Å². The molecular formula is C12H20N2O4. The van der Waals surface area contributed by atoms with E-state index in [9.17, 15) is 14.7 Å². The number of nitrogens with zero attached hydrogens (tertiary/aromatic N) is 1. The number of hydrogen-bond donors (Lipinski definition) is 3. The molecule has 2 rings (SSSR count). The van der Waals surface area contributed by atoms with E-state index >= 15 is 0 Å². The van der Waals surface area contributed by atoms with Crippen molar-refractivity contribution in [3.05, 3.63) is 0 Å². The van der Waals surface area contributed by atoms with E-state index in [1.807, 2.05) is 0 Å². The Labute approximate surface area is 106 Å². The predicted octanol–water partition coefficient (Wildman–Crippen LogP) is 0.406. The maximum atomic E-state index is 11.9. The average Bonchev–Trinajstić information content (AvgIpc) is 2.94. The monoisotopic (exact) mass is 256 g/mol. The Morgan fingerprint density at radius 2 is 1.94 bits per heavy atom. The lowest BCUT2D eigenvalue weighted by Crippen LogP contribution is -2.47. The number of aliphatic hydroxyl groups excluding tert-OH is 1. The van der Waals surface area contributed by atoms with Crippen LogP contribution in [0.3, 0.4) is 0 Å². The number of β-amino-alcohol motifs (C(OH)–C–C–N with tert-alkyl or cyclic N) is 1. The van der Waals surface area contributed by atoms with Gasteiger partial charge in [0.2, 0.25) is 0 Å². The third-order valence-electron chi connectivity index (χ3n) is 3.84. The van der Waals surface area contributed by atoms with Crippen LogP contribution in [-0.2, 0) is 4.79 Å². The van der Waals surface area contributed by atoms with Crippen molar-refractivity contribution in [3.63, 3.8) is 0 Å². The lowest BCUT2D eigenvalue weighted by Gasteiger charge is -2.22. The van der Waals surface area contributed by atoms with E-state index in [0.29, 0.717) is 12.5 Å². The maximum absolute atomic E-state index is 11.9. The molecule has 1 saturated carbocycles. The second kappa shape index (κ2) is 5.56. The first-order chi connectivity index (χ1) is 8.58. The summed E-state index contributed by atoms with van der Waals surface area (Å²) in [6.07, 6.45) is 4.06. The van der Waals surface area contributed by atoms with E-state index in [2.05, 4.69) is 5.32 Å². The number of carbonyl (C=O) groups excluding carboxylic acids is 1. The van der Waals surface area contributed by atoms with Crippen molar-refractivity contribution in [1.82, 2.24) is 10.2 Å². The molecule has 1 aliphatic carbocycles. The topological polar surface area (TPSA) is 89.9 Å². The molecule has 1 heterocycles. The molecule has 6 nitrogen and oxygen atoms in total. The highest BCUT2D eigenvalue weighted by Crippen LogP contribution is 2.24. The van der Waals surface area contributed by atoms with E-state index in [0.717, 1.165) is 12.8 Å². The Bertz CT molecular complexity index is 328. The Balaban J connectivity index is 1.85. The summed E-state index contributed by atoms with van der Waals surface area (Å²) in [5.74, 6) is -0.535. The van der Waals surface area contributed by atoms with E-state index in [1.54, 1.807) is 0 Å². The molecule has 6 heteroatoms. The standard InChI is InChI=1S/C12H20N2O4/c15-9-5-10(11(16)17)14(7-9)12(18)13-6-8-3-1-2-4-8/h8-10,15H,1-7H2,(H,13,18)(H,16,17)/t9-,10-/m1/s1. The number of carboxylic acid groups (broad SMARTS) is 1. The minimum atomic E-state index is -1.05. The Kier molecular flexibility index (Phi) is 4.06. The van der Waals surface area contributed by atoms with Crippen molar-refractivity contribution in [1.29, 1.82) is 0 Å². The van der Waals surface area contributed by atoms with Crippen LogP contribution >= 0.6 is 0 Å². The summed E-state index contributed by atoms with van der Waals surface area (Å²) in [6.45, 7) is 0.714. The van der Waals surface area contributed by atoms with Gasteiger partial charge in [-0.3, -0.25) is 0 Å². The molecule has 1 saturated heterocycles. The average molecular weight is 256 g/mol. The lowest BCUT2D eigenvalue weighted by atomic mass is 10.1. The number of urea groups is 1. The van der Waals surface area contributed by atoms with E-state index < -0.39 is 18.1 Å². The van der Waals surface area contributed by atoms with Gasteiger partial charge < -0.3 is 20.4 Å². The van der Waals surface area contributed by atoms with Gasteiger partial charge in [-0.1, -0.05) is 12.8 Å². The molecule has 18 heavy (non-hydrogen) atoms. The largest absolute Gasteiger partial charge is 0.480 e. The SMILES string of the molecule is O=C(O)[C@H]1C[C@@H](O)CN1C(=O)NCC1CCCC1. The minimum Gasteiger partial charge on any atom is -0.480 e. The van der Waals surface area contributed by atoms with E-state index in [4.69, 9.17) is 5.11 Å². The van der Waals surface area contributed by atoms with Gasteiger partial charge in [0.1, 0.15) is 6.04 Å². The fourth-order valence-corrected chi connectivity index (χ4v) is 2.82. The van der Waals surface area contributed by atoms with Crippen molar-refractivity contribution in [2.45, 2.75) is 44.2 Å². The molecule has 3 N–H and O–H groups in total. The van der Waals surface area contributed by atoms with Crippen molar-refractivity contribution >= 4 is 12.0 Å². The number of carboxylic acids is 1. The number of likely N-dealkylation sites (tertiary alicyclic amines) is 1. The van der Waals surface area contributed by atoms with Gasteiger partial charge in [0, 0.05) is 19.5 Å². The second-order valence-corrected chi connectivity index (χ2v) is 5.23. The van der Waals surface area contributed by atoms with Crippen molar-refractivity contribution in [3.8, 4) is 0 Å². The highest BCUT2D eigenvalue weighted by Gasteiger charge is 2.39. The van der Waals surface area contributed by atoms with Gasteiger partial charge in [0.25, 0.3) is 0 Å². The zero-order chi connectivity index (χ0) is 13.1. The quantitative estimate of drug-likeness (QED) is 0.682. The molecule has 2 amide bonds. The van der Waals surface area contributed by atoms with Crippen LogP contribution in [0.15, 0.2) is 0 Å². The molecule has 0 bridgehead atoms. The van der Waals surface area contributed by atoms with Gasteiger partial charge in [0.05, 0.1) is 6.10 Å². The Hall–Kier alpha value is -1.30. The molecule has 2 aliphatic rings. The summed E-state index contributed by atoms with van der Waals surface area (Å²) in [7, 11) is 0. The van der Waals surface area contributed by atoms with Gasteiger partial charge in [-0.15, -0.1) is 0 Å². The number of hydrogen-bond acceptors (Lipinski definition) is 3. The van der Waals surface area contributed by atoms with Crippen LogP contribution < -0.4 is 5.32 Å². The van der Waals surface area contributed by atoms with Gasteiger partial charge in [-0.2, -0.15) is 0 Å². The van der Waals surface area contributed by atoms with Crippen molar-refractivity contribution in [2.75, 3.05) is 13.1 Å². The third kappa shape index (κ3) is 2.93. The first-order valence-corrected chi connectivity index (χ1v) is 6.53. The summed E-state index contributed by atoms with van der Waals surface area (Å²) in [5.41, 5.74) is 0. The van der Waals surface area contributed by atoms with E-state index in [-0.39, 0.29) is 19.0 Å². The number of aliphatic carboxylic acids is 1. The molecule has 2 atom stereocenters. The molecule has 1 aliphatic heterocycles. The second-order valence-electron chi connectivity index (χ2n) is 5.23. The molecule has 2 fully saturated rings. The Morgan fingerprint density at radius 3 is 2.56 bits per heavy atom. The molecule has 102 valence electrons. The first-order valence-electron chi connectivity index (χ1n) is 6.53. The number of carbonyl (C=O) groups is 2. The minimum absolute atomic E-state index is 0.105. The van der Waals surface area contributed by atoms with Gasteiger partial charge in [-0.25, -0.2) is 9.59 Å². The molecule has 0 radical (unpaired) electrons. The fraction of sp³-hybridized carbons (Fsp3) is 0.833. The highest BCUT2D eigenvalue weighted by atomic mass is 16.4. The summed E-state index contributed by atoms with van der Waals surface area (Å²) >= 11 is 0. The summed E-state index contributed by atoms with van der Waals surface area (Å²) in [5, 5.41) is 21.2. The van der Waals surface area contributed by atoms with Crippen LogP contribution in [0.1, 0.15) is 32.1 Å². The van der Waals surface area contributed by atoms with Crippen LogP contribution in [0, 0.1) is 5.92 Å². The first kappa shape index (κ1) is 13.1. The van der Waals surface area contributed by atoms with Crippen LogP contribution in [0.5, 0.6) is 0 Å². The number of rotatable bonds is 3. The fourth-order valence-electron chi connectivity index (χ4n) is 2.82. The summed E-state index contributed by atoms with van der Waals surface area (Å²) in [6, 6.07) is -1.27. The summed E-state index contributed by atoms with van der Waals surface area (Å²) in [4.78, 5) is 24.1. The van der Waals surface area contributed by atoms with E-state index in [1.165, 1.54) is 17.7 Å². The lowest BCUT2D eigenvalue weighted by molar-refractivity contribution is -0.141. The van der Waals surface area contributed by atoms with Crippen molar-refractivity contribution in [2.24, 2.45) is 5.92 Å². The molecule has 0 aromatic rings.